The lowest BCUT2D eigenvalue weighted by Gasteiger charge is -2.22. The zero-order chi connectivity index (χ0) is 14.7. The van der Waals surface area contributed by atoms with Gasteiger partial charge in [0.1, 0.15) is 0 Å². The Balaban J connectivity index is 2.41. The number of nitrogen functional groups attached to an aromatic ring is 1. The van der Waals surface area contributed by atoms with Crippen LogP contribution in [-0.4, -0.2) is 32.0 Å². The highest BCUT2D eigenvalue weighted by molar-refractivity contribution is 6.09. The van der Waals surface area contributed by atoms with E-state index in [0.29, 0.717) is 11.3 Å². The van der Waals surface area contributed by atoms with Gasteiger partial charge in [-0.2, -0.15) is 0 Å². The lowest BCUT2D eigenvalue weighted by Crippen LogP contribution is -2.28. The molecule has 104 valence electrons. The number of aromatic nitrogens is 1. The van der Waals surface area contributed by atoms with E-state index in [9.17, 15) is 4.79 Å². The number of rotatable bonds is 3. The molecule has 0 saturated heterocycles. The topological polar surface area (TPSA) is 62.5 Å². The van der Waals surface area contributed by atoms with Crippen LogP contribution in [0.2, 0.25) is 0 Å². The summed E-state index contributed by atoms with van der Waals surface area (Å²) in [5.74, 6) is -0.104. The van der Waals surface area contributed by atoms with E-state index in [4.69, 9.17) is 5.73 Å². The lowest BCUT2D eigenvalue weighted by atomic mass is 10.1. The summed E-state index contributed by atoms with van der Waals surface area (Å²) < 4.78 is 0. The van der Waals surface area contributed by atoms with Crippen molar-refractivity contribution in [1.82, 2.24) is 4.98 Å². The molecule has 0 bridgehead atoms. The van der Waals surface area contributed by atoms with Gasteiger partial charge in [-0.05, 0) is 30.3 Å². The highest BCUT2D eigenvalue weighted by Crippen LogP contribution is 2.24. The third-order valence-electron chi connectivity index (χ3n) is 3.09. The second kappa shape index (κ2) is 5.61. The predicted octanol–water partition coefficient (Wildman–Crippen LogP) is 2.01. The van der Waals surface area contributed by atoms with E-state index in [1.54, 1.807) is 48.6 Å². The third kappa shape index (κ3) is 2.71. The molecule has 0 aliphatic carbocycles. The minimum absolute atomic E-state index is 0.104. The summed E-state index contributed by atoms with van der Waals surface area (Å²) in [5.41, 5.74) is 8.58. The molecule has 0 radical (unpaired) electrons. The van der Waals surface area contributed by atoms with E-state index in [1.165, 1.54) is 0 Å². The van der Waals surface area contributed by atoms with Crippen molar-refractivity contribution in [2.45, 2.75) is 0 Å². The smallest absolute Gasteiger partial charge is 0.260 e. The Morgan fingerprint density at radius 3 is 2.35 bits per heavy atom. The first-order valence-corrected chi connectivity index (χ1v) is 6.25. The van der Waals surface area contributed by atoms with Crippen LogP contribution in [0, 0.1) is 0 Å². The fourth-order valence-electron chi connectivity index (χ4n) is 1.98. The normalized spacial score (nSPS) is 10.2. The number of pyridine rings is 1. The Bertz CT molecular complexity index is 611. The number of nitrogens with zero attached hydrogens (tertiary/aromatic N) is 3. The second-order valence-electron chi connectivity index (χ2n) is 4.74. The zero-order valence-corrected chi connectivity index (χ0v) is 11.9. The summed E-state index contributed by atoms with van der Waals surface area (Å²) in [6, 6.07) is 8.93. The van der Waals surface area contributed by atoms with Crippen molar-refractivity contribution in [2.24, 2.45) is 0 Å². The lowest BCUT2D eigenvalue weighted by molar-refractivity contribution is 0.0993. The molecule has 0 atom stereocenters. The molecule has 20 heavy (non-hydrogen) atoms. The van der Waals surface area contributed by atoms with Crippen LogP contribution < -0.4 is 15.5 Å². The number of hydrogen-bond donors (Lipinski definition) is 1. The molecule has 2 aromatic rings. The van der Waals surface area contributed by atoms with Crippen LogP contribution in [-0.2, 0) is 0 Å². The van der Waals surface area contributed by atoms with Crippen LogP contribution in [0.15, 0.2) is 42.7 Å². The van der Waals surface area contributed by atoms with Crippen LogP contribution in [0.5, 0.6) is 0 Å². The molecule has 0 aliphatic heterocycles. The van der Waals surface area contributed by atoms with Crippen LogP contribution in [0.1, 0.15) is 10.4 Å². The zero-order valence-electron chi connectivity index (χ0n) is 11.9. The Morgan fingerprint density at radius 2 is 1.75 bits per heavy atom. The highest BCUT2D eigenvalue weighted by Gasteiger charge is 2.18. The molecule has 2 rings (SSSR count). The number of nitrogens with two attached hydrogens (primary N) is 1. The Morgan fingerprint density at radius 1 is 1.10 bits per heavy atom. The molecule has 1 amide bonds. The molecule has 5 nitrogen and oxygen atoms in total. The molecule has 0 aliphatic rings. The van der Waals surface area contributed by atoms with Crippen molar-refractivity contribution in [2.75, 3.05) is 36.7 Å². The quantitative estimate of drug-likeness (QED) is 0.867. The SMILES string of the molecule is CN(C)c1ccc(N)cc1C(=O)N(C)c1ccncc1. The molecule has 0 unspecified atom stereocenters. The second-order valence-corrected chi connectivity index (χ2v) is 4.74. The molecule has 0 saturated carbocycles. The maximum Gasteiger partial charge on any atom is 0.260 e. The fourth-order valence-corrected chi connectivity index (χ4v) is 1.98. The van der Waals surface area contributed by atoms with Crippen molar-refractivity contribution in [3.8, 4) is 0 Å². The van der Waals surface area contributed by atoms with Gasteiger partial charge in [-0.15, -0.1) is 0 Å². The molecule has 5 heteroatoms. The molecule has 0 fully saturated rings. The Labute approximate surface area is 118 Å². The van der Waals surface area contributed by atoms with Gasteiger partial charge in [0, 0.05) is 50.6 Å². The van der Waals surface area contributed by atoms with Crippen molar-refractivity contribution >= 4 is 23.0 Å². The van der Waals surface area contributed by atoms with Crippen molar-refractivity contribution < 1.29 is 4.79 Å². The molecule has 1 aromatic carbocycles. The van der Waals surface area contributed by atoms with Crippen LogP contribution >= 0.6 is 0 Å². The summed E-state index contributed by atoms with van der Waals surface area (Å²) >= 11 is 0. The predicted molar refractivity (Wildman–Crippen MR) is 82.2 cm³/mol. The van der Waals surface area contributed by atoms with Crippen molar-refractivity contribution in [1.29, 1.82) is 0 Å². The summed E-state index contributed by atoms with van der Waals surface area (Å²) in [7, 11) is 5.53. The van der Waals surface area contributed by atoms with Gasteiger partial charge in [0.05, 0.1) is 5.56 Å². The summed E-state index contributed by atoms with van der Waals surface area (Å²) in [6.45, 7) is 0. The Hall–Kier alpha value is -2.56. The van der Waals surface area contributed by atoms with Gasteiger partial charge < -0.3 is 15.5 Å². The molecule has 0 spiro atoms. The number of anilines is 3. The van der Waals surface area contributed by atoms with Gasteiger partial charge in [-0.25, -0.2) is 0 Å². The number of amides is 1. The molecule has 1 heterocycles. The molecule has 2 N–H and O–H groups in total. The fraction of sp³-hybridized carbons (Fsp3) is 0.200. The van der Waals surface area contributed by atoms with Gasteiger partial charge in [0.25, 0.3) is 5.91 Å². The first-order chi connectivity index (χ1) is 9.50. The maximum absolute atomic E-state index is 12.6. The van der Waals surface area contributed by atoms with Gasteiger partial charge >= 0.3 is 0 Å². The van der Waals surface area contributed by atoms with Crippen molar-refractivity contribution in [3.63, 3.8) is 0 Å². The van der Waals surface area contributed by atoms with E-state index >= 15 is 0 Å². The largest absolute Gasteiger partial charge is 0.399 e. The molecular formula is C15H18N4O. The van der Waals surface area contributed by atoms with E-state index in [1.807, 2.05) is 25.1 Å². The molecule has 1 aromatic heterocycles. The first-order valence-electron chi connectivity index (χ1n) is 6.25. The number of hydrogen-bond acceptors (Lipinski definition) is 4. The van der Waals surface area contributed by atoms with E-state index in [-0.39, 0.29) is 5.91 Å². The van der Waals surface area contributed by atoms with E-state index in [2.05, 4.69) is 4.98 Å². The summed E-state index contributed by atoms with van der Waals surface area (Å²) in [5, 5.41) is 0. The van der Waals surface area contributed by atoms with Gasteiger partial charge in [0.15, 0.2) is 0 Å². The standard InChI is InChI=1S/C15H18N4O/c1-18(2)14-5-4-11(16)10-13(14)15(20)19(3)12-6-8-17-9-7-12/h4-10H,16H2,1-3H3. The molecular weight excluding hydrogens is 252 g/mol. The first kappa shape index (κ1) is 13.9. The minimum atomic E-state index is -0.104. The van der Waals surface area contributed by atoms with E-state index in [0.717, 1.165) is 11.4 Å². The average molecular weight is 270 g/mol. The van der Waals surface area contributed by atoms with Crippen LogP contribution in [0.3, 0.4) is 0 Å². The van der Waals surface area contributed by atoms with Gasteiger partial charge in [-0.3, -0.25) is 9.78 Å². The third-order valence-corrected chi connectivity index (χ3v) is 3.09. The van der Waals surface area contributed by atoms with Crippen LogP contribution in [0.25, 0.3) is 0 Å². The minimum Gasteiger partial charge on any atom is -0.399 e. The van der Waals surface area contributed by atoms with Gasteiger partial charge in [-0.1, -0.05) is 0 Å². The number of benzene rings is 1. The maximum atomic E-state index is 12.6. The Kier molecular flexibility index (Phi) is 3.89. The average Bonchev–Trinajstić information content (AvgIpc) is 2.46. The number of carbonyl (C=O) groups is 1. The van der Waals surface area contributed by atoms with Gasteiger partial charge in [0.2, 0.25) is 0 Å². The summed E-state index contributed by atoms with van der Waals surface area (Å²) in [4.78, 5) is 20.1. The van der Waals surface area contributed by atoms with E-state index < -0.39 is 0 Å². The van der Waals surface area contributed by atoms with Crippen molar-refractivity contribution in [3.05, 3.63) is 48.3 Å². The summed E-state index contributed by atoms with van der Waals surface area (Å²) in [6.07, 6.45) is 3.32. The van der Waals surface area contributed by atoms with Crippen LogP contribution in [0.4, 0.5) is 17.1 Å². The number of carbonyl (C=O) groups excluding carboxylic acids is 1. The highest BCUT2D eigenvalue weighted by atomic mass is 16.2. The monoisotopic (exact) mass is 270 g/mol.